The van der Waals surface area contributed by atoms with E-state index in [9.17, 15) is 18.0 Å². The molecule has 0 aliphatic rings. The molecule has 9 heteroatoms. The van der Waals surface area contributed by atoms with Crippen molar-refractivity contribution in [1.82, 2.24) is 10.2 Å². The van der Waals surface area contributed by atoms with Crippen LogP contribution in [0.15, 0.2) is 77.3 Å². The van der Waals surface area contributed by atoms with Crippen LogP contribution in [0.3, 0.4) is 0 Å². The predicted molar refractivity (Wildman–Crippen MR) is 160 cm³/mol. The molecular weight excluding hydrogens is 578 g/mol. The van der Waals surface area contributed by atoms with Crippen molar-refractivity contribution in [2.24, 2.45) is 0 Å². The number of carbonyl (C=O) groups excluding carboxylic acids is 2. The van der Waals surface area contributed by atoms with Gasteiger partial charge in [0.25, 0.3) is 0 Å². The second-order valence-electron chi connectivity index (χ2n) is 9.71. The summed E-state index contributed by atoms with van der Waals surface area (Å²) in [5.41, 5.74) is 4.05. The SMILES string of the molecule is CCCNC(=O)[C@@H](Cc1ccccc1)N(Cc1ccc(C)cc1)C(=O)CN(c1ccc(Br)c(C)c1)S(C)(=O)=O. The first kappa shape index (κ1) is 30.4. The summed E-state index contributed by atoms with van der Waals surface area (Å²) in [6.45, 7) is 6.00. The molecule has 0 fully saturated rings. The summed E-state index contributed by atoms with van der Waals surface area (Å²) in [6, 6.07) is 21.6. The molecule has 0 bridgehead atoms. The molecule has 0 aliphatic carbocycles. The highest BCUT2D eigenvalue weighted by molar-refractivity contribution is 9.10. The zero-order valence-electron chi connectivity index (χ0n) is 22.9. The lowest BCUT2D eigenvalue weighted by Crippen LogP contribution is -2.53. The largest absolute Gasteiger partial charge is 0.354 e. The Morgan fingerprint density at radius 1 is 0.949 bits per heavy atom. The Morgan fingerprint density at radius 2 is 1.62 bits per heavy atom. The van der Waals surface area contributed by atoms with E-state index < -0.39 is 28.5 Å². The predicted octanol–water partition coefficient (Wildman–Crippen LogP) is 5.00. The van der Waals surface area contributed by atoms with Gasteiger partial charge in [-0.2, -0.15) is 0 Å². The van der Waals surface area contributed by atoms with Crippen molar-refractivity contribution in [3.63, 3.8) is 0 Å². The number of sulfonamides is 1. The third-order valence-corrected chi connectivity index (χ3v) is 8.43. The fourth-order valence-corrected chi connectivity index (χ4v) is 5.30. The van der Waals surface area contributed by atoms with Crippen molar-refractivity contribution < 1.29 is 18.0 Å². The summed E-state index contributed by atoms with van der Waals surface area (Å²) in [5, 5.41) is 2.94. The highest BCUT2D eigenvalue weighted by Crippen LogP contribution is 2.25. The van der Waals surface area contributed by atoms with E-state index in [-0.39, 0.29) is 12.5 Å². The fraction of sp³-hybridized carbons (Fsp3) is 0.333. The van der Waals surface area contributed by atoms with Gasteiger partial charge in [0.15, 0.2) is 0 Å². The first-order chi connectivity index (χ1) is 18.5. The van der Waals surface area contributed by atoms with Crippen LogP contribution in [0.1, 0.15) is 35.6 Å². The maximum absolute atomic E-state index is 14.0. The van der Waals surface area contributed by atoms with Crippen molar-refractivity contribution in [2.45, 2.75) is 46.2 Å². The third kappa shape index (κ3) is 8.66. The lowest BCUT2D eigenvalue weighted by Gasteiger charge is -2.33. The zero-order chi connectivity index (χ0) is 28.6. The molecule has 39 heavy (non-hydrogen) atoms. The van der Waals surface area contributed by atoms with Gasteiger partial charge in [-0.05, 0) is 55.2 Å². The van der Waals surface area contributed by atoms with Gasteiger partial charge in [-0.3, -0.25) is 13.9 Å². The summed E-state index contributed by atoms with van der Waals surface area (Å²) >= 11 is 3.44. The summed E-state index contributed by atoms with van der Waals surface area (Å²) < 4.78 is 27.7. The minimum atomic E-state index is -3.80. The average molecular weight is 615 g/mol. The average Bonchev–Trinajstić information content (AvgIpc) is 2.90. The molecule has 0 aromatic heterocycles. The Bertz CT molecular complexity index is 1380. The number of nitrogens with one attached hydrogen (secondary N) is 1. The number of benzene rings is 3. The quantitative estimate of drug-likeness (QED) is 0.311. The van der Waals surface area contributed by atoms with Crippen molar-refractivity contribution in [3.8, 4) is 0 Å². The number of aryl methyl sites for hydroxylation is 2. The van der Waals surface area contributed by atoms with Crippen LogP contribution in [0.2, 0.25) is 0 Å². The molecule has 1 atom stereocenters. The molecule has 0 heterocycles. The third-order valence-electron chi connectivity index (χ3n) is 6.40. The van der Waals surface area contributed by atoms with Gasteiger partial charge in [-0.15, -0.1) is 0 Å². The van der Waals surface area contributed by atoms with Crippen LogP contribution < -0.4 is 9.62 Å². The second kappa shape index (κ2) is 13.8. The lowest BCUT2D eigenvalue weighted by atomic mass is 10.0. The number of carbonyl (C=O) groups is 2. The number of amides is 2. The van der Waals surface area contributed by atoms with Gasteiger partial charge in [0, 0.05) is 24.0 Å². The topological polar surface area (TPSA) is 86.8 Å². The maximum atomic E-state index is 14.0. The molecule has 0 saturated carbocycles. The van der Waals surface area contributed by atoms with E-state index in [1.807, 2.05) is 75.4 Å². The minimum Gasteiger partial charge on any atom is -0.354 e. The van der Waals surface area contributed by atoms with E-state index in [2.05, 4.69) is 21.2 Å². The molecule has 3 aromatic rings. The van der Waals surface area contributed by atoms with Gasteiger partial charge in [-0.25, -0.2) is 8.42 Å². The van der Waals surface area contributed by atoms with Crippen molar-refractivity contribution in [3.05, 3.63) is 99.5 Å². The number of halogens is 1. The Morgan fingerprint density at radius 3 is 2.21 bits per heavy atom. The first-order valence-corrected chi connectivity index (χ1v) is 15.5. The molecule has 0 saturated heterocycles. The smallest absolute Gasteiger partial charge is 0.244 e. The Labute approximate surface area is 240 Å². The van der Waals surface area contributed by atoms with Gasteiger partial charge in [0.1, 0.15) is 12.6 Å². The highest BCUT2D eigenvalue weighted by atomic mass is 79.9. The molecule has 3 aromatic carbocycles. The van der Waals surface area contributed by atoms with Crippen LogP contribution in [0, 0.1) is 13.8 Å². The number of anilines is 1. The first-order valence-electron chi connectivity index (χ1n) is 12.9. The van der Waals surface area contributed by atoms with Crippen LogP contribution in [-0.2, 0) is 32.6 Å². The molecule has 208 valence electrons. The number of nitrogens with zero attached hydrogens (tertiary/aromatic N) is 2. The van der Waals surface area contributed by atoms with Gasteiger partial charge in [0.05, 0.1) is 11.9 Å². The monoisotopic (exact) mass is 613 g/mol. The molecule has 3 rings (SSSR count). The van der Waals surface area contributed by atoms with E-state index in [1.165, 1.54) is 4.90 Å². The van der Waals surface area contributed by atoms with Crippen molar-refractivity contribution in [1.29, 1.82) is 0 Å². The molecule has 7 nitrogen and oxygen atoms in total. The van der Waals surface area contributed by atoms with E-state index in [0.717, 1.165) is 43.7 Å². The molecule has 0 spiro atoms. The van der Waals surface area contributed by atoms with Gasteiger partial charge in [-0.1, -0.05) is 83.0 Å². The van der Waals surface area contributed by atoms with E-state index in [1.54, 1.807) is 18.2 Å². The fourth-order valence-electron chi connectivity index (χ4n) is 4.21. The van der Waals surface area contributed by atoms with Crippen LogP contribution >= 0.6 is 15.9 Å². The second-order valence-corrected chi connectivity index (χ2v) is 12.5. The number of hydrogen-bond donors (Lipinski definition) is 1. The van der Waals surface area contributed by atoms with Crippen molar-refractivity contribution in [2.75, 3.05) is 23.7 Å². The normalized spacial score (nSPS) is 12.0. The molecule has 0 radical (unpaired) electrons. The van der Waals surface area contributed by atoms with Crippen LogP contribution in [0.4, 0.5) is 5.69 Å². The number of hydrogen-bond acceptors (Lipinski definition) is 4. The standard InChI is InChI=1S/C30H36BrN3O4S/c1-5-17-32-30(36)28(19-24-9-7-6-8-10-24)33(20-25-13-11-22(2)12-14-25)29(35)21-34(39(4,37)38)26-15-16-27(31)23(3)18-26/h6-16,18,28H,5,17,19-21H2,1-4H3,(H,32,36)/t28-/m1/s1. The van der Waals surface area contributed by atoms with E-state index >= 15 is 0 Å². The molecule has 2 amide bonds. The maximum Gasteiger partial charge on any atom is 0.244 e. The van der Waals surface area contributed by atoms with Gasteiger partial charge >= 0.3 is 0 Å². The summed E-state index contributed by atoms with van der Waals surface area (Å²) in [5.74, 6) is -0.735. The summed E-state index contributed by atoms with van der Waals surface area (Å²) in [4.78, 5) is 29.0. The molecule has 1 N–H and O–H groups in total. The Hall–Kier alpha value is -3.17. The lowest BCUT2D eigenvalue weighted by molar-refractivity contribution is -0.140. The van der Waals surface area contributed by atoms with Crippen molar-refractivity contribution >= 4 is 43.5 Å². The molecular formula is C30H36BrN3O4S. The van der Waals surface area contributed by atoms with Crippen LogP contribution in [0.25, 0.3) is 0 Å². The van der Waals surface area contributed by atoms with Crippen LogP contribution in [-0.4, -0.2) is 50.5 Å². The Balaban J connectivity index is 2.04. The van der Waals surface area contributed by atoms with Gasteiger partial charge in [0.2, 0.25) is 21.8 Å². The van der Waals surface area contributed by atoms with E-state index in [4.69, 9.17) is 0 Å². The van der Waals surface area contributed by atoms with Gasteiger partial charge < -0.3 is 10.2 Å². The minimum absolute atomic E-state index is 0.160. The zero-order valence-corrected chi connectivity index (χ0v) is 25.3. The summed E-state index contributed by atoms with van der Waals surface area (Å²) in [7, 11) is -3.80. The molecule has 0 aliphatic heterocycles. The van der Waals surface area contributed by atoms with Crippen LogP contribution in [0.5, 0.6) is 0 Å². The number of rotatable bonds is 12. The highest BCUT2D eigenvalue weighted by Gasteiger charge is 2.33. The van der Waals surface area contributed by atoms with E-state index in [0.29, 0.717) is 18.7 Å². The Kier molecular flexibility index (Phi) is 10.7. The molecule has 0 unspecified atom stereocenters. The summed E-state index contributed by atoms with van der Waals surface area (Å²) in [6.07, 6.45) is 2.13.